The third kappa shape index (κ3) is 5.27. The Labute approximate surface area is 173 Å². The van der Waals surface area contributed by atoms with Gasteiger partial charge in [-0.15, -0.1) is 11.8 Å². The van der Waals surface area contributed by atoms with E-state index >= 15 is 0 Å². The van der Waals surface area contributed by atoms with Crippen molar-refractivity contribution in [2.24, 2.45) is 0 Å². The van der Waals surface area contributed by atoms with Gasteiger partial charge in [0.25, 0.3) is 0 Å². The van der Waals surface area contributed by atoms with Crippen molar-refractivity contribution < 1.29 is 4.79 Å². The molecule has 1 N–H and O–H groups in total. The third-order valence-electron chi connectivity index (χ3n) is 4.42. The van der Waals surface area contributed by atoms with E-state index < -0.39 is 0 Å². The van der Waals surface area contributed by atoms with Gasteiger partial charge in [-0.1, -0.05) is 23.7 Å². The molecule has 3 rings (SSSR count). The number of aromatic nitrogens is 3. The molecule has 0 bridgehead atoms. The number of benzene rings is 2. The van der Waals surface area contributed by atoms with Crippen LogP contribution in [-0.2, 0) is 0 Å². The highest BCUT2D eigenvalue weighted by atomic mass is 35.5. The van der Waals surface area contributed by atoms with E-state index in [0.717, 1.165) is 26.9 Å². The molecule has 2 amide bonds. The molecule has 1 aromatic heterocycles. The van der Waals surface area contributed by atoms with Gasteiger partial charge in [0.1, 0.15) is 12.7 Å². The summed E-state index contributed by atoms with van der Waals surface area (Å²) in [5.41, 5.74) is 1.98. The number of hydrogen-bond donors (Lipinski definition) is 1. The van der Waals surface area contributed by atoms with Gasteiger partial charge in [0, 0.05) is 29.3 Å². The normalized spacial score (nSPS) is 11.8. The lowest BCUT2D eigenvalue weighted by molar-refractivity contribution is 0.195. The van der Waals surface area contributed by atoms with Gasteiger partial charge in [-0.3, -0.25) is 0 Å². The van der Waals surface area contributed by atoms with Gasteiger partial charge in [0.05, 0.1) is 11.7 Å². The Kier molecular flexibility index (Phi) is 6.95. The molecule has 28 heavy (non-hydrogen) atoms. The lowest BCUT2D eigenvalue weighted by Gasteiger charge is -2.25. The lowest BCUT2D eigenvalue weighted by Crippen LogP contribution is -2.39. The molecule has 0 saturated carbocycles. The average molecular weight is 416 g/mol. The van der Waals surface area contributed by atoms with E-state index in [-0.39, 0.29) is 12.1 Å². The molecule has 3 aromatic rings. The van der Waals surface area contributed by atoms with Crippen LogP contribution in [0.15, 0.2) is 66.1 Å². The minimum absolute atomic E-state index is 0.0475. The van der Waals surface area contributed by atoms with Crippen molar-refractivity contribution in [3.63, 3.8) is 0 Å². The van der Waals surface area contributed by atoms with Crippen LogP contribution in [0.2, 0.25) is 5.02 Å². The molecule has 0 aliphatic rings. The summed E-state index contributed by atoms with van der Waals surface area (Å²) >= 11 is 7.57. The maximum absolute atomic E-state index is 12.4. The van der Waals surface area contributed by atoms with Crippen LogP contribution in [0, 0.1) is 0 Å². The molecule has 0 saturated heterocycles. The number of carbonyl (C=O) groups is 1. The van der Waals surface area contributed by atoms with Gasteiger partial charge < -0.3 is 10.2 Å². The van der Waals surface area contributed by atoms with Gasteiger partial charge >= 0.3 is 6.03 Å². The van der Waals surface area contributed by atoms with E-state index in [4.69, 9.17) is 11.6 Å². The molecule has 0 fully saturated rings. The maximum atomic E-state index is 12.4. The summed E-state index contributed by atoms with van der Waals surface area (Å²) < 4.78 is 1.70. The summed E-state index contributed by atoms with van der Waals surface area (Å²) in [5, 5.41) is 7.81. The number of rotatable bonds is 7. The zero-order valence-corrected chi connectivity index (χ0v) is 17.3. The van der Waals surface area contributed by atoms with Crippen molar-refractivity contribution in [2.45, 2.75) is 17.9 Å². The van der Waals surface area contributed by atoms with E-state index in [1.54, 1.807) is 34.7 Å². The van der Waals surface area contributed by atoms with Gasteiger partial charge in [0.2, 0.25) is 0 Å². The van der Waals surface area contributed by atoms with Crippen LogP contribution >= 0.6 is 23.4 Å². The molecule has 0 aliphatic heterocycles. The topological polar surface area (TPSA) is 63.1 Å². The Morgan fingerprint density at radius 2 is 1.93 bits per heavy atom. The number of nitrogens with zero attached hydrogens (tertiary/aromatic N) is 4. The molecule has 0 aliphatic carbocycles. The smallest absolute Gasteiger partial charge is 0.317 e. The molecular formula is C20H22ClN5OS. The predicted octanol–water partition coefficient (Wildman–Crippen LogP) is 4.42. The quantitative estimate of drug-likeness (QED) is 0.458. The molecule has 146 valence electrons. The van der Waals surface area contributed by atoms with E-state index in [2.05, 4.69) is 15.4 Å². The van der Waals surface area contributed by atoms with E-state index in [1.807, 2.05) is 55.5 Å². The fraction of sp³-hybridized carbons (Fsp3) is 0.250. The first-order chi connectivity index (χ1) is 13.5. The summed E-state index contributed by atoms with van der Waals surface area (Å²) in [4.78, 5) is 19.2. The zero-order valence-electron chi connectivity index (χ0n) is 15.7. The van der Waals surface area contributed by atoms with Gasteiger partial charge in [-0.25, -0.2) is 14.5 Å². The number of amides is 2. The monoisotopic (exact) mass is 415 g/mol. The third-order valence-corrected chi connectivity index (χ3v) is 5.69. The number of thioether (sulfide) groups is 1. The summed E-state index contributed by atoms with van der Waals surface area (Å²) in [5.74, 6) is 0.794. The Bertz CT molecular complexity index is 884. The number of hydrogen-bond acceptors (Lipinski definition) is 4. The molecule has 0 spiro atoms. The summed E-state index contributed by atoms with van der Waals surface area (Å²) in [7, 11) is 1.80. The van der Waals surface area contributed by atoms with Crippen LogP contribution < -0.4 is 5.32 Å². The first-order valence-electron chi connectivity index (χ1n) is 8.88. The van der Waals surface area contributed by atoms with Crippen LogP contribution in [-0.4, -0.2) is 45.0 Å². The van der Waals surface area contributed by atoms with Crippen molar-refractivity contribution >= 4 is 29.4 Å². The number of urea groups is 1. The van der Waals surface area contributed by atoms with Gasteiger partial charge in [0.15, 0.2) is 0 Å². The molecule has 6 nitrogen and oxygen atoms in total. The Balaban J connectivity index is 1.47. The van der Waals surface area contributed by atoms with Crippen molar-refractivity contribution in [3.8, 4) is 5.69 Å². The maximum Gasteiger partial charge on any atom is 0.317 e. The molecule has 1 heterocycles. The molecule has 2 aromatic carbocycles. The highest BCUT2D eigenvalue weighted by Gasteiger charge is 2.17. The van der Waals surface area contributed by atoms with Crippen LogP contribution in [0.25, 0.3) is 5.69 Å². The fourth-order valence-electron chi connectivity index (χ4n) is 2.63. The molecule has 1 unspecified atom stereocenters. The molecular weight excluding hydrogens is 394 g/mol. The summed E-state index contributed by atoms with van der Waals surface area (Å²) in [6.07, 6.45) is 3.15. The van der Waals surface area contributed by atoms with Crippen LogP contribution in [0.3, 0.4) is 0 Å². The number of carbonyl (C=O) groups excluding carboxylic acids is 1. The Morgan fingerprint density at radius 1 is 1.21 bits per heavy atom. The highest BCUT2D eigenvalue weighted by molar-refractivity contribution is 7.99. The minimum Gasteiger partial charge on any atom is -0.337 e. The van der Waals surface area contributed by atoms with Crippen molar-refractivity contribution in [2.75, 3.05) is 19.3 Å². The summed E-state index contributed by atoms with van der Waals surface area (Å²) in [6, 6.07) is 15.5. The molecule has 1 atom stereocenters. The molecule has 8 heteroatoms. The predicted molar refractivity (Wildman–Crippen MR) is 113 cm³/mol. The SMILES string of the molecule is CC(c1ccc(-n2cncn2)cc1)N(C)C(=O)NCCSc1ccc(Cl)cc1. The van der Waals surface area contributed by atoms with Crippen LogP contribution in [0.1, 0.15) is 18.5 Å². The van der Waals surface area contributed by atoms with E-state index in [9.17, 15) is 4.79 Å². The first kappa shape index (κ1) is 20.2. The van der Waals surface area contributed by atoms with E-state index in [1.165, 1.54) is 6.33 Å². The van der Waals surface area contributed by atoms with Gasteiger partial charge in [-0.05, 0) is 48.9 Å². The average Bonchev–Trinajstić information content (AvgIpc) is 3.26. The van der Waals surface area contributed by atoms with Crippen molar-refractivity contribution in [1.29, 1.82) is 0 Å². The lowest BCUT2D eigenvalue weighted by atomic mass is 10.1. The standard InChI is InChI=1S/C20H22ClN5OS/c1-15(16-3-7-18(8-4-16)26-14-22-13-24-26)25(2)20(27)23-11-12-28-19-9-5-17(21)6-10-19/h3-10,13-15H,11-12H2,1-2H3,(H,23,27). The Morgan fingerprint density at radius 3 is 2.57 bits per heavy atom. The number of nitrogens with one attached hydrogen (secondary N) is 1. The van der Waals surface area contributed by atoms with Crippen LogP contribution in [0.5, 0.6) is 0 Å². The first-order valence-corrected chi connectivity index (χ1v) is 10.2. The zero-order chi connectivity index (χ0) is 19.9. The van der Waals surface area contributed by atoms with Crippen molar-refractivity contribution in [3.05, 3.63) is 71.8 Å². The second-order valence-electron chi connectivity index (χ2n) is 6.25. The minimum atomic E-state index is -0.0930. The van der Waals surface area contributed by atoms with Crippen molar-refractivity contribution in [1.82, 2.24) is 25.0 Å². The second kappa shape index (κ2) is 9.61. The highest BCUT2D eigenvalue weighted by Crippen LogP contribution is 2.21. The molecule has 0 radical (unpaired) electrons. The van der Waals surface area contributed by atoms with Gasteiger partial charge in [-0.2, -0.15) is 5.10 Å². The second-order valence-corrected chi connectivity index (χ2v) is 7.86. The largest absolute Gasteiger partial charge is 0.337 e. The van der Waals surface area contributed by atoms with E-state index in [0.29, 0.717) is 6.54 Å². The fourth-order valence-corrected chi connectivity index (χ4v) is 3.52. The Hall–Kier alpha value is -2.51. The summed E-state index contributed by atoms with van der Waals surface area (Å²) in [6.45, 7) is 2.60. The van der Waals surface area contributed by atoms with Crippen LogP contribution in [0.4, 0.5) is 4.79 Å². The number of halogens is 1.